The summed E-state index contributed by atoms with van der Waals surface area (Å²) in [5.41, 5.74) is 3.06. The van der Waals surface area contributed by atoms with Gasteiger partial charge in [0.05, 0.1) is 0 Å². The first-order valence-corrected chi connectivity index (χ1v) is 7.47. The van der Waals surface area contributed by atoms with Crippen molar-refractivity contribution in [1.82, 2.24) is 10.6 Å². The van der Waals surface area contributed by atoms with E-state index in [4.69, 9.17) is 0 Å². The van der Waals surface area contributed by atoms with Crippen molar-refractivity contribution in [3.05, 3.63) is 35.4 Å². The van der Waals surface area contributed by atoms with Gasteiger partial charge in [0.25, 0.3) is 0 Å². The monoisotopic (exact) mass is 244 g/mol. The second-order valence-corrected chi connectivity index (χ2v) is 5.70. The minimum atomic E-state index is 0.598. The van der Waals surface area contributed by atoms with Crippen LogP contribution < -0.4 is 10.6 Å². The van der Waals surface area contributed by atoms with Crippen LogP contribution in [0.2, 0.25) is 0 Å². The van der Waals surface area contributed by atoms with Crippen molar-refractivity contribution in [3.8, 4) is 0 Å². The molecule has 2 heterocycles. The smallest absolute Gasteiger partial charge is 0.0320 e. The summed E-state index contributed by atoms with van der Waals surface area (Å²) >= 11 is 0. The van der Waals surface area contributed by atoms with E-state index >= 15 is 0 Å². The van der Waals surface area contributed by atoms with Gasteiger partial charge in [0, 0.05) is 6.04 Å². The molecular weight excluding hydrogens is 220 g/mol. The second kappa shape index (κ2) is 5.85. The van der Waals surface area contributed by atoms with Gasteiger partial charge in [-0.3, -0.25) is 0 Å². The van der Waals surface area contributed by atoms with Crippen molar-refractivity contribution in [2.45, 2.75) is 44.1 Å². The Morgan fingerprint density at radius 3 is 2.50 bits per heavy atom. The summed E-state index contributed by atoms with van der Waals surface area (Å²) < 4.78 is 0. The lowest BCUT2D eigenvalue weighted by Gasteiger charge is -2.27. The highest BCUT2D eigenvalue weighted by molar-refractivity contribution is 5.29. The van der Waals surface area contributed by atoms with Crippen molar-refractivity contribution in [1.29, 1.82) is 0 Å². The lowest BCUT2D eigenvalue weighted by atomic mass is 9.87. The zero-order valence-electron chi connectivity index (χ0n) is 11.1. The Labute approximate surface area is 110 Å². The fourth-order valence-corrected chi connectivity index (χ4v) is 3.32. The van der Waals surface area contributed by atoms with Gasteiger partial charge < -0.3 is 10.6 Å². The topological polar surface area (TPSA) is 24.1 Å². The van der Waals surface area contributed by atoms with E-state index in [0.717, 1.165) is 5.92 Å². The van der Waals surface area contributed by atoms with Gasteiger partial charge in [0.15, 0.2) is 0 Å². The van der Waals surface area contributed by atoms with E-state index in [9.17, 15) is 0 Å². The molecule has 2 aliphatic rings. The first kappa shape index (κ1) is 12.2. The molecule has 1 unspecified atom stereocenters. The third kappa shape index (κ3) is 2.76. The van der Waals surface area contributed by atoms with Crippen LogP contribution in [0.4, 0.5) is 0 Å². The molecule has 2 fully saturated rings. The van der Waals surface area contributed by atoms with Crippen molar-refractivity contribution < 1.29 is 0 Å². The average molecular weight is 244 g/mol. The minimum Gasteiger partial charge on any atom is -0.317 e. The van der Waals surface area contributed by atoms with Gasteiger partial charge in [0.1, 0.15) is 0 Å². The van der Waals surface area contributed by atoms with Crippen LogP contribution in [0.15, 0.2) is 24.3 Å². The predicted octanol–water partition coefficient (Wildman–Crippen LogP) is 2.97. The molecule has 2 aliphatic heterocycles. The molecule has 0 aromatic heterocycles. The fourth-order valence-electron chi connectivity index (χ4n) is 3.32. The van der Waals surface area contributed by atoms with Gasteiger partial charge in [-0.2, -0.15) is 0 Å². The van der Waals surface area contributed by atoms with Crippen LogP contribution in [0, 0.1) is 0 Å². The largest absolute Gasteiger partial charge is 0.317 e. The van der Waals surface area contributed by atoms with Crippen LogP contribution in [-0.2, 0) is 0 Å². The molecule has 0 aliphatic carbocycles. The predicted molar refractivity (Wildman–Crippen MR) is 75.9 cm³/mol. The number of benzene rings is 1. The number of piperidine rings is 2. The molecule has 0 spiro atoms. The van der Waals surface area contributed by atoms with Crippen LogP contribution in [0.5, 0.6) is 0 Å². The number of hydrogen-bond acceptors (Lipinski definition) is 2. The Hall–Kier alpha value is -0.860. The van der Waals surface area contributed by atoms with E-state index in [1.165, 1.54) is 57.3 Å². The van der Waals surface area contributed by atoms with E-state index in [0.29, 0.717) is 6.04 Å². The Morgan fingerprint density at radius 2 is 1.72 bits per heavy atom. The fraction of sp³-hybridized carbons (Fsp3) is 0.625. The molecule has 18 heavy (non-hydrogen) atoms. The molecule has 3 rings (SSSR count). The van der Waals surface area contributed by atoms with E-state index < -0.39 is 0 Å². The van der Waals surface area contributed by atoms with Gasteiger partial charge in [-0.1, -0.05) is 30.7 Å². The maximum absolute atomic E-state index is 3.65. The van der Waals surface area contributed by atoms with Crippen molar-refractivity contribution in [2.24, 2.45) is 0 Å². The minimum absolute atomic E-state index is 0.598. The maximum Gasteiger partial charge on any atom is 0.0320 e. The molecule has 0 bridgehead atoms. The SMILES string of the molecule is c1cc(C2CCNCC2)cc(C2CCCCN2)c1. The highest BCUT2D eigenvalue weighted by Crippen LogP contribution is 2.29. The molecule has 2 saturated heterocycles. The molecule has 1 aromatic carbocycles. The second-order valence-electron chi connectivity index (χ2n) is 5.70. The molecule has 0 saturated carbocycles. The summed E-state index contributed by atoms with van der Waals surface area (Å²) in [5, 5.41) is 7.10. The van der Waals surface area contributed by atoms with Crippen molar-refractivity contribution >= 4 is 0 Å². The lowest BCUT2D eigenvalue weighted by molar-refractivity contribution is 0.411. The van der Waals surface area contributed by atoms with Gasteiger partial charge in [-0.25, -0.2) is 0 Å². The molecular formula is C16H24N2. The van der Waals surface area contributed by atoms with Gasteiger partial charge >= 0.3 is 0 Å². The average Bonchev–Trinajstić information content (AvgIpc) is 2.49. The Kier molecular flexibility index (Phi) is 3.96. The third-order valence-electron chi connectivity index (χ3n) is 4.43. The highest BCUT2D eigenvalue weighted by atomic mass is 14.9. The summed E-state index contributed by atoms with van der Waals surface area (Å²) in [5.74, 6) is 0.773. The van der Waals surface area contributed by atoms with Crippen LogP contribution in [0.1, 0.15) is 55.2 Å². The summed E-state index contributed by atoms with van der Waals surface area (Å²) in [6.45, 7) is 3.54. The van der Waals surface area contributed by atoms with E-state index in [1.54, 1.807) is 5.56 Å². The summed E-state index contributed by atoms with van der Waals surface area (Å²) in [7, 11) is 0. The standard InChI is InChI=1S/C16H24N2/c1-2-9-18-16(6-1)15-5-3-4-14(12-15)13-7-10-17-11-8-13/h3-5,12-13,16-18H,1-2,6-11H2. The zero-order valence-corrected chi connectivity index (χ0v) is 11.1. The summed E-state index contributed by atoms with van der Waals surface area (Å²) in [6, 6.07) is 9.93. The van der Waals surface area contributed by atoms with Crippen molar-refractivity contribution in [3.63, 3.8) is 0 Å². The van der Waals surface area contributed by atoms with E-state index in [2.05, 4.69) is 34.9 Å². The normalized spacial score (nSPS) is 26.1. The molecule has 1 aromatic rings. The highest BCUT2D eigenvalue weighted by Gasteiger charge is 2.18. The molecule has 0 amide bonds. The number of hydrogen-bond donors (Lipinski definition) is 2. The molecule has 1 atom stereocenters. The summed E-state index contributed by atoms with van der Waals surface area (Å²) in [4.78, 5) is 0. The summed E-state index contributed by atoms with van der Waals surface area (Å²) in [6.07, 6.45) is 6.60. The molecule has 2 N–H and O–H groups in total. The first-order valence-electron chi connectivity index (χ1n) is 7.47. The van der Waals surface area contributed by atoms with Crippen molar-refractivity contribution in [2.75, 3.05) is 19.6 Å². The zero-order chi connectivity index (χ0) is 12.2. The third-order valence-corrected chi connectivity index (χ3v) is 4.43. The van der Waals surface area contributed by atoms with Crippen LogP contribution in [0.3, 0.4) is 0 Å². The molecule has 2 heteroatoms. The first-order chi connectivity index (χ1) is 8.93. The molecule has 0 radical (unpaired) electrons. The quantitative estimate of drug-likeness (QED) is 0.836. The number of rotatable bonds is 2. The maximum atomic E-state index is 3.65. The number of nitrogens with one attached hydrogen (secondary N) is 2. The molecule has 2 nitrogen and oxygen atoms in total. The van der Waals surface area contributed by atoms with Gasteiger partial charge in [-0.15, -0.1) is 0 Å². The Morgan fingerprint density at radius 1 is 0.889 bits per heavy atom. The Balaban J connectivity index is 1.75. The van der Waals surface area contributed by atoms with E-state index in [-0.39, 0.29) is 0 Å². The molecule has 98 valence electrons. The van der Waals surface area contributed by atoms with E-state index in [1.807, 2.05) is 0 Å². The van der Waals surface area contributed by atoms with Gasteiger partial charge in [-0.05, 0) is 62.4 Å². The van der Waals surface area contributed by atoms with Gasteiger partial charge in [0.2, 0.25) is 0 Å². The van der Waals surface area contributed by atoms with Crippen LogP contribution in [-0.4, -0.2) is 19.6 Å². The lowest BCUT2D eigenvalue weighted by Crippen LogP contribution is -2.28. The van der Waals surface area contributed by atoms with Crippen LogP contribution in [0.25, 0.3) is 0 Å². The Bertz CT molecular complexity index is 343. The van der Waals surface area contributed by atoms with Crippen LogP contribution >= 0.6 is 0 Å².